The van der Waals surface area contributed by atoms with Crippen LogP contribution in [0.15, 0.2) is 94.7 Å². The molecule has 4 aromatic carbocycles. The lowest BCUT2D eigenvalue weighted by Crippen LogP contribution is -2.29. The smallest absolute Gasteiger partial charge is 0.335 e. The van der Waals surface area contributed by atoms with Gasteiger partial charge < -0.3 is 10.2 Å². The van der Waals surface area contributed by atoms with E-state index in [4.69, 9.17) is 0 Å². The van der Waals surface area contributed by atoms with E-state index < -0.39 is 45.4 Å². The van der Waals surface area contributed by atoms with Crippen molar-refractivity contribution < 1.29 is 47.4 Å². The van der Waals surface area contributed by atoms with E-state index in [-0.39, 0.29) is 54.5 Å². The summed E-state index contributed by atoms with van der Waals surface area (Å²) < 4.78 is 27.0. The van der Waals surface area contributed by atoms with Crippen LogP contribution in [-0.4, -0.2) is 54.2 Å². The van der Waals surface area contributed by atoms with Crippen molar-refractivity contribution in [2.24, 2.45) is 0 Å². The summed E-state index contributed by atoms with van der Waals surface area (Å²) in [6.45, 7) is 0. The Hall–Kier alpha value is -5.95. The van der Waals surface area contributed by atoms with Crippen LogP contribution in [-0.2, 0) is 9.84 Å². The van der Waals surface area contributed by atoms with Gasteiger partial charge in [-0.05, 0) is 78.9 Å². The second-order valence-corrected chi connectivity index (χ2v) is 11.5. The third kappa shape index (κ3) is 4.18. The number of carbonyl (C=O) groups is 6. The average Bonchev–Trinajstić information content (AvgIpc) is 3.40. The number of nitrogens with zero attached hydrogens (tertiary/aromatic N) is 2. The van der Waals surface area contributed by atoms with E-state index in [1.54, 1.807) is 0 Å². The molecule has 212 valence electrons. The molecule has 43 heavy (non-hydrogen) atoms. The fraction of sp³-hybridized carbons (Fsp3) is 0. The number of fused-ring (bicyclic) bond motifs is 2. The minimum Gasteiger partial charge on any atom is -0.478 e. The van der Waals surface area contributed by atoms with Crippen molar-refractivity contribution in [1.82, 2.24) is 0 Å². The number of benzene rings is 4. The highest BCUT2D eigenvalue weighted by molar-refractivity contribution is 7.91. The second kappa shape index (κ2) is 9.56. The number of hydrogen-bond donors (Lipinski definition) is 2. The summed E-state index contributed by atoms with van der Waals surface area (Å²) in [7, 11) is -4.23. The van der Waals surface area contributed by atoms with Crippen molar-refractivity contribution in [2.75, 3.05) is 9.80 Å². The predicted octanol–water partition coefficient (Wildman–Crippen LogP) is 3.52. The summed E-state index contributed by atoms with van der Waals surface area (Å²) in [6.07, 6.45) is 0. The van der Waals surface area contributed by atoms with Gasteiger partial charge in [0.1, 0.15) is 0 Å². The number of carbonyl (C=O) groups excluding carboxylic acids is 4. The highest BCUT2D eigenvalue weighted by Gasteiger charge is 2.39. The van der Waals surface area contributed by atoms with Crippen molar-refractivity contribution in [1.29, 1.82) is 0 Å². The molecule has 6 rings (SSSR count). The van der Waals surface area contributed by atoms with Gasteiger partial charge in [0.15, 0.2) is 0 Å². The van der Waals surface area contributed by atoms with Crippen molar-refractivity contribution in [2.45, 2.75) is 9.79 Å². The first-order valence-electron chi connectivity index (χ1n) is 12.4. The monoisotopic (exact) mass is 596 g/mol. The highest BCUT2D eigenvalue weighted by Crippen LogP contribution is 2.34. The molecule has 2 heterocycles. The van der Waals surface area contributed by atoms with Gasteiger partial charge in [-0.1, -0.05) is 6.07 Å². The van der Waals surface area contributed by atoms with Gasteiger partial charge in [0.25, 0.3) is 23.6 Å². The molecule has 2 N–H and O–H groups in total. The SMILES string of the molecule is O=C(O)c1ccc2c(c1)C(=O)N(c1ccc(S(=O)(=O)c3cccc(N4C(=O)c5ccc(C(=O)O)cc5C4=O)c3)cc1)C2=O. The molecular formula is C30H16N2O10S. The van der Waals surface area contributed by atoms with Crippen LogP contribution in [0.3, 0.4) is 0 Å². The Labute approximate surface area is 241 Å². The standard InChI is InChI=1S/C30H16N2O10S/c33-25-21-10-4-15(29(37)38)12-23(21)27(35)31(25)17-6-8-19(9-7-17)43(41,42)20-3-1-2-18(14-20)32-26(34)22-11-5-16(30(39)40)13-24(22)28(32)36/h1-14H,(H,37,38)(H,39,40). The normalized spacial score (nSPS) is 14.2. The maximum Gasteiger partial charge on any atom is 0.335 e. The van der Waals surface area contributed by atoms with Crippen LogP contribution in [0.2, 0.25) is 0 Å². The number of carboxylic acids is 2. The van der Waals surface area contributed by atoms with Crippen molar-refractivity contribution in [3.05, 3.63) is 118 Å². The number of sulfone groups is 1. The number of hydrogen-bond acceptors (Lipinski definition) is 8. The Morgan fingerprint density at radius 1 is 0.512 bits per heavy atom. The van der Waals surface area contributed by atoms with Crippen molar-refractivity contribution in [3.63, 3.8) is 0 Å². The maximum absolute atomic E-state index is 13.5. The lowest BCUT2D eigenvalue weighted by molar-refractivity contribution is 0.0686. The molecule has 13 heteroatoms. The molecule has 0 radical (unpaired) electrons. The number of carboxylic acid groups (broad SMARTS) is 2. The topological polar surface area (TPSA) is 183 Å². The molecule has 4 aromatic rings. The number of imide groups is 2. The summed E-state index contributed by atoms with van der Waals surface area (Å²) in [5.74, 6) is -5.56. The highest BCUT2D eigenvalue weighted by atomic mass is 32.2. The van der Waals surface area contributed by atoms with Gasteiger partial charge in [-0.2, -0.15) is 0 Å². The molecule has 4 amide bonds. The van der Waals surface area contributed by atoms with E-state index in [2.05, 4.69) is 0 Å². The molecule has 0 aliphatic carbocycles. The van der Waals surface area contributed by atoms with Crippen LogP contribution >= 0.6 is 0 Å². The van der Waals surface area contributed by atoms with Crippen LogP contribution in [0.1, 0.15) is 62.1 Å². The fourth-order valence-electron chi connectivity index (χ4n) is 4.92. The van der Waals surface area contributed by atoms with Gasteiger partial charge in [0.2, 0.25) is 9.84 Å². The molecule has 0 aromatic heterocycles. The molecule has 0 unspecified atom stereocenters. The van der Waals surface area contributed by atoms with Gasteiger partial charge in [0, 0.05) is 0 Å². The minimum absolute atomic E-state index is 0.0101. The van der Waals surface area contributed by atoms with Crippen LogP contribution in [0.5, 0.6) is 0 Å². The number of rotatable bonds is 6. The molecule has 0 bridgehead atoms. The van der Waals surface area contributed by atoms with Gasteiger partial charge in [-0.25, -0.2) is 27.8 Å². The molecule has 0 atom stereocenters. The lowest BCUT2D eigenvalue weighted by Gasteiger charge is -2.16. The summed E-state index contributed by atoms with van der Waals surface area (Å²) in [4.78, 5) is 75.5. The van der Waals surface area contributed by atoms with Crippen LogP contribution < -0.4 is 9.80 Å². The molecule has 12 nitrogen and oxygen atoms in total. The third-order valence-corrected chi connectivity index (χ3v) is 8.83. The Bertz CT molecular complexity index is 2080. The van der Waals surface area contributed by atoms with E-state index in [9.17, 15) is 47.4 Å². The van der Waals surface area contributed by atoms with Crippen molar-refractivity contribution >= 4 is 56.8 Å². The fourth-order valence-corrected chi connectivity index (χ4v) is 6.22. The first kappa shape index (κ1) is 27.2. The molecule has 0 spiro atoms. The minimum atomic E-state index is -4.23. The summed E-state index contributed by atoms with van der Waals surface area (Å²) in [5.41, 5.74) is -0.576. The molecule has 0 saturated carbocycles. The molecule has 2 aliphatic heterocycles. The Balaban J connectivity index is 1.29. The zero-order valence-electron chi connectivity index (χ0n) is 21.5. The molecule has 2 aliphatic rings. The van der Waals surface area contributed by atoms with Gasteiger partial charge in [-0.15, -0.1) is 0 Å². The quantitative estimate of drug-likeness (QED) is 0.312. The Morgan fingerprint density at radius 3 is 1.47 bits per heavy atom. The number of aromatic carboxylic acids is 2. The van der Waals surface area contributed by atoms with E-state index in [0.29, 0.717) is 0 Å². The average molecular weight is 597 g/mol. The summed E-state index contributed by atoms with van der Waals surface area (Å²) >= 11 is 0. The van der Waals surface area contributed by atoms with Crippen LogP contribution in [0, 0.1) is 0 Å². The largest absolute Gasteiger partial charge is 0.478 e. The molecule has 0 fully saturated rings. The predicted molar refractivity (Wildman–Crippen MR) is 147 cm³/mol. The Morgan fingerprint density at radius 2 is 0.977 bits per heavy atom. The van der Waals surface area contributed by atoms with Gasteiger partial charge in [0.05, 0.1) is 54.5 Å². The summed E-state index contributed by atoms with van der Waals surface area (Å²) in [6, 6.07) is 17.0. The third-order valence-electron chi connectivity index (χ3n) is 7.06. The lowest BCUT2D eigenvalue weighted by atomic mass is 10.1. The second-order valence-electron chi connectivity index (χ2n) is 9.52. The first-order valence-corrected chi connectivity index (χ1v) is 13.9. The maximum atomic E-state index is 13.5. The molecular weight excluding hydrogens is 580 g/mol. The number of anilines is 2. The van der Waals surface area contributed by atoms with Crippen molar-refractivity contribution in [3.8, 4) is 0 Å². The van der Waals surface area contributed by atoms with E-state index in [1.807, 2.05) is 0 Å². The van der Waals surface area contributed by atoms with E-state index in [0.717, 1.165) is 28.0 Å². The number of amides is 4. The van der Waals surface area contributed by atoms with Crippen LogP contribution in [0.4, 0.5) is 11.4 Å². The van der Waals surface area contributed by atoms with E-state index in [1.165, 1.54) is 66.7 Å². The summed E-state index contributed by atoms with van der Waals surface area (Å²) in [5, 5.41) is 18.4. The molecule has 0 saturated heterocycles. The zero-order chi connectivity index (χ0) is 30.8. The van der Waals surface area contributed by atoms with E-state index >= 15 is 0 Å². The van der Waals surface area contributed by atoms with Crippen LogP contribution in [0.25, 0.3) is 0 Å². The van der Waals surface area contributed by atoms with Gasteiger partial charge >= 0.3 is 11.9 Å². The Kier molecular flexibility index (Phi) is 6.06. The first-order chi connectivity index (χ1) is 20.4. The zero-order valence-corrected chi connectivity index (χ0v) is 22.4. The van der Waals surface area contributed by atoms with Gasteiger partial charge in [-0.3, -0.25) is 19.2 Å².